The van der Waals surface area contributed by atoms with Gasteiger partial charge in [-0.3, -0.25) is 0 Å². The Morgan fingerprint density at radius 3 is 2.73 bits per heavy atom. The van der Waals surface area contributed by atoms with Crippen molar-refractivity contribution in [2.45, 2.75) is 6.04 Å². The standard InChI is InChI=1S/C10H11Br2N3/c11-5-1-8(12)10(14-2-5)15-9-6-3-13-4-7(6)9/h1-2,6-7,9,13H,3-4H2,(H,14,15). The monoisotopic (exact) mass is 331 g/mol. The van der Waals surface area contributed by atoms with E-state index in [4.69, 9.17) is 0 Å². The average Bonchev–Trinajstić information content (AvgIpc) is 2.66. The van der Waals surface area contributed by atoms with Crippen molar-refractivity contribution in [3.8, 4) is 0 Å². The maximum atomic E-state index is 4.36. The molecule has 1 aliphatic heterocycles. The van der Waals surface area contributed by atoms with E-state index < -0.39 is 0 Å². The van der Waals surface area contributed by atoms with Gasteiger partial charge in [-0.2, -0.15) is 0 Å². The highest BCUT2D eigenvalue weighted by Crippen LogP contribution is 2.44. The lowest BCUT2D eigenvalue weighted by Gasteiger charge is -2.09. The summed E-state index contributed by atoms with van der Waals surface area (Å²) in [6.45, 7) is 2.30. The van der Waals surface area contributed by atoms with Gasteiger partial charge < -0.3 is 10.6 Å². The van der Waals surface area contributed by atoms with Crippen molar-refractivity contribution in [2.75, 3.05) is 18.4 Å². The Balaban J connectivity index is 1.72. The molecule has 0 spiro atoms. The summed E-state index contributed by atoms with van der Waals surface area (Å²) in [5, 5.41) is 6.88. The summed E-state index contributed by atoms with van der Waals surface area (Å²) in [6.07, 6.45) is 1.82. The molecule has 80 valence electrons. The van der Waals surface area contributed by atoms with Gasteiger partial charge in [-0.1, -0.05) is 0 Å². The second kappa shape index (κ2) is 3.71. The van der Waals surface area contributed by atoms with E-state index in [1.807, 2.05) is 12.3 Å². The first-order chi connectivity index (χ1) is 7.25. The van der Waals surface area contributed by atoms with Gasteiger partial charge in [0, 0.05) is 29.8 Å². The minimum Gasteiger partial charge on any atom is -0.366 e. The zero-order valence-corrected chi connectivity index (χ0v) is 11.2. The molecule has 1 aromatic rings. The number of halogens is 2. The van der Waals surface area contributed by atoms with Gasteiger partial charge in [-0.25, -0.2) is 4.98 Å². The topological polar surface area (TPSA) is 37.0 Å². The molecule has 2 aliphatic rings. The fourth-order valence-corrected chi connectivity index (χ4v) is 3.41. The summed E-state index contributed by atoms with van der Waals surface area (Å²) in [4.78, 5) is 4.36. The molecule has 1 aromatic heterocycles. The molecular formula is C10H11Br2N3. The largest absolute Gasteiger partial charge is 0.366 e. The molecule has 0 bridgehead atoms. The lowest BCUT2D eigenvalue weighted by Crippen LogP contribution is -2.21. The number of anilines is 1. The first-order valence-corrected chi connectivity index (χ1v) is 6.62. The molecule has 1 aliphatic carbocycles. The highest BCUT2D eigenvalue weighted by atomic mass is 79.9. The van der Waals surface area contributed by atoms with Gasteiger partial charge in [0.1, 0.15) is 5.82 Å². The Labute approximate surface area is 105 Å². The van der Waals surface area contributed by atoms with Crippen LogP contribution in [0.5, 0.6) is 0 Å². The van der Waals surface area contributed by atoms with Gasteiger partial charge in [-0.15, -0.1) is 0 Å². The number of piperidine rings is 1. The third-order valence-electron chi connectivity index (χ3n) is 3.20. The second-order valence-electron chi connectivity index (χ2n) is 4.14. The fraction of sp³-hybridized carbons (Fsp3) is 0.500. The Bertz CT molecular complexity index is 386. The third kappa shape index (κ3) is 1.81. The van der Waals surface area contributed by atoms with E-state index in [1.54, 1.807) is 0 Å². The summed E-state index contributed by atoms with van der Waals surface area (Å²) in [5.74, 6) is 2.57. The van der Waals surface area contributed by atoms with Gasteiger partial charge >= 0.3 is 0 Å². The van der Waals surface area contributed by atoms with E-state index in [1.165, 1.54) is 0 Å². The van der Waals surface area contributed by atoms with Crippen LogP contribution in [-0.2, 0) is 0 Å². The lowest BCUT2D eigenvalue weighted by atomic mass is 10.4. The van der Waals surface area contributed by atoms with E-state index in [0.29, 0.717) is 6.04 Å². The molecule has 1 saturated heterocycles. The van der Waals surface area contributed by atoms with Crippen LogP contribution in [0.2, 0.25) is 0 Å². The van der Waals surface area contributed by atoms with Crippen LogP contribution < -0.4 is 10.6 Å². The highest BCUT2D eigenvalue weighted by molar-refractivity contribution is 9.11. The van der Waals surface area contributed by atoms with E-state index in [-0.39, 0.29) is 0 Å². The quantitative estimate of drug-likeness (QED) is 0.872. The second-order valence-corrected chi connectivity index (χ2v) is 5.91. The summed E-state index contributed by atoms with van der Waals surface area (Å²) in [7, 11) is 0. The fourth-order valence-electron chi connectivity index (χ4n) is 2.31. The number of hydrogen-bond donors (Lipinski definition) is 2. The molecule has 0 aromatic carbocycles. The summed E-state index contributed by atoms with van der Waals surface area (Å²) in [6, 6.07) is 2.64. The van der Waals surface area contributed by atoms with Crippen LogP contribution in [0.15, 0.2) is 21.2 Å². The normalized spacial score (nSPS) is 32.5. The van der Waals surface area contributed by atoms with Crippen LogP contribution in [0.4, 0.5) is 5.82 Å². The number of fused-ring (bicyclic) bond motifs is 1. The molecule has 15 heavy (non-hydrogen) atoms. The maximum absolute atomic E-state index is 4.36. The third-order valence-corrected chi connectivity index (χ3v) is 4.24. The molecule has 0 radical (unpaired) electrons. The zero-order valence-electron chi connectivity index (χ0n) is 8.00. The number of nitrogens with one attached hydrogen (secondary N) is 2. The molecule has 2 fully saturated rings. The Kier molecular flexibility index (Phi) is 2.49. The first kappa shape index (κ1) is 10.1. The van der Waals surface area contributed by atoms with E-state index >= 15 is 0 Å². The van der Waals surface area contributed by atoms with Crippen molar-refractivity contribution >= 4 is 37.7 Å². The molecule has 2 N–H and O–H groups in total. The van der Waals surface area contributed by atoms with Crippen molar-refractivity contribution in [3.05, 3.63) is 21.2 Å². The van der Waals surface area contributed by atoms with Gasteiger partial charge in [0.15, 0.2) is 0 Å². The molecule has 0 amide bonds. The minimum absolute atomic E-state index is 0.622. The van der Waals surface area contributed by atoms with Crippen molar-refractivity contribution < 1.29 is 0 Å². The van der Waals surface area contributed by atoms with Crippen LogP contribution in [0.25, 0.3) is 0 Å². The molecular weight excluding hydrogens is 322 g/mol. The van der Waals surface area contributed by atoms with Crippen LogP contribution in [0.1, 0.15) is 0 Å². The number of aromatic nitrogens is 1. The van der Waals surface area contributed by atoms with Crippen LogP contribution >= 0.6 is 31.9 Å². The maximum Gasteiger partial charge on any atom is 0.140 e. The van der Waals surface area contributed by atoms with Gasteiger partial charge in [0.2, 0.25) is 0 Å². The number of nitrogens with zero attached hydrogens (tertiary/aromatic N) is 1. The predicted octanol–water partition coefficient (Wildman–Crippen LogP) is 2.24. The van der Waals surface area contributed by atoms with Crippen LogP contribution in [-0.4, -0.2) is 24.1 Å². The van der Waals surface area contributed by atoms with E-state index in [0.717, 1.165) is 39.7 Å². The molecule has 5 heteroatoms. The number of rotatable bonds is 2. The molecule has 2 unspecified atom stereocenters. The molecule has 1 saturated carbocycles. The van der Waals surface area contributed by atoms with Crippen molar-refractivity contribution in [1.82, 2.24) is 10.3 Å². The van der Waals surface area contributed by atoms with E-state index in [2.05, 4.69) is 47.5 Å². The summed E-state index contributed by atoms with van der Waals surface area (Å²) >= 11 is 6.91. The van der Waals surface area contributed by atoms with E-state index in [9.17, 15) is 0 Å². The smallest absolute Gasteiger partial charge is 0.140 e. The number of hydrogen-bond acceptors (Lipinski definition) is 3. The van der Waals surface area contributed by atoms with Crippen molar-refractivity contribution in [3.63, 3.8) is 0 Å². The van der Waals surface area contributed by atoms with Crippen LogP contribution in [0, 0.1) is 11.8 Å². The molecule has 3 nitrogen and oxygen atoms in total. The zero-order chi connectivity index (χ0) is 10.4. The Morgan fingerprint density at radius 2 is 2.07 bits per heavy atom. The minimum atomic E-state index is 0.622. The lowest BCUT2D eigenvalue weighted by molar-refractivity contribution is 0.695. The van der Waals surface area contributed by atoms with Gasteiger partial charge in [0.25, 0.3) is 0 Å². The molecule has 3 rings (SSSR count). The number of pyridine rings is 1. The summed E-state index contributed by atoms with van der Waals surface area (Å²) in [5.41, 5.74) is 0. The Morgan fingerprint density at radius 1 is 1.33 bits per heavy atom. The van der Waals surface area contributed by atoms with Gasteiger partial charge in [0.05, 0.1) is 4.47 Å². The summed E-state index contributed by atoms with van der Waals surface area (Å²) < 4.78 is 2.02. The Hall–Kier alpha value is -0.130. The first-order valence-electron chi connectivity index (χ1n) is 5.04. The van der Waals surface area contributed by atoms with Crippen LogP contribution in [0.3, 0.4) is 0 Å². The SMILES string of the molecule is Brc1cnc(NC2C3CNCC32)c(Br)c1. The molecule has 2 atom stereocenters. The van der Waals surface area contributed by atoms with Crippen molar-refractivity contribution in [2.24, 2.45) is 11.8 Å². The van der Waals surface area contributed by atoms with Crippen molar-refractivity contribution in [1.29, 1.82) is 0 Å². The molecule has 2 heterocycles. The highest BCUT2D eigenvalue weighted by Gasteiger charge is 2.53. The predicted molar refractivity (Wildman–Crippen MR) is 66.9 cm³/mol. The van der Waals surface area contributed by atoms with Gasteiger partial charge in [-0.05, 0) is 49.8 Å². The average molecular weight is 333 g/mol.